The van der Waals surface area contributed by atoms with Crippen LogP contribution in [0.25, 0.3) is 0 Å². The number of rotatable bonds is 16. The van der Waals surface area contributed by atoms with Crippen molar-refractivity contribution in [1.29, 1.82) is 0 Å². The second kappa shape index (κ2) is 18.6. The smallest absolute Gasteiger partial charge is 0.320 e. The lowest BCUT2D eigenvalue weighted by molar-refractivity contribution is -0.142. The minimum absolute atomic E-state index is 0.126. The predicted octanol–water partition coefficient (Wildman–Crippen LogP) is 3.57. The van der Waals surface area contributed by atoms with E-state index in [2.05, 4.69) is 37.5 Å². The summed E-state index contributed by atoms with van der Waals surface area (Å²) in [5, 5.41) is 29.9. The molecule has 1 fully saturated rings. The number of carboxylic acids is 1. The molecule has 6 nitrogen and oxygen atoms in total. The van der Waals surface area contributed by atoms with Crippen LogP contribution < -0.4 is 5.32 Å². The summed E-state index contributed by atoms with van der Waals surface area (Å²) in [5.41, 5.74) is 0. The van der Waals surface area contributed by atoms with E-state index in [9.17, 15) is 4.79 Å². The molecule has 0 saturated carbocycles. The van der Waals surface area contributed by atoms with Crippen molar-refractivity contribution in [2.45, 2.75) is 101 Å². The third kappa shape index (κ3) is 17.7. The molecule has 0 aromatic rings. The number of hydrogen-bond acceptors (Lipinski definition) is 7. The first-order valence-corrected chi connectivity index (χ1v) is 12.5. The maximum absolute atomic E-state index is 10.8. The van der Waals surface area contributed by atoms with Crippen molar-refractivity contribution in [3.05, 3.63) is 0 Å². The molecule has 1 saturated heterocycles. The van der Waals surface area contributed by atoms with E-state index in [1.54, 1.807) is 0 Å². The number of aliphatic carboxylic acids is 1. The molecular weight excluding hydrogens is 420 g/mol. The molecule has 1 rings (SSSR count). The van der Waals surface area contributed by atoms with E-state index >= 15 is 0 Å². The Balaban J connectivity index is 0.000000579. The fourth-order valence-electron chi connectivity index (χ4n) is 3.55. The monoisotopic (exact) mass is 466 g/mol. The maximum Gasteiger partial charge on any atom is 0.320 e. The summed E-state index contributed by atoms with van der Waals surface area (Å²) >= 11 is 8.54. The molecule has 0 bridgehead atoms. The molecular formula is C22H46N2O4S2. The van der Waals surface area contributed by atoms with Gasteiger partial charge in [0.1, 0.15) is 6.04 Å². The Morgan fingerprint density at radius 1 is 1.13 bits per heavy atom. The van der Waals surface area contributed by atoms with Crippen LogP contribution in [0.1, 0.15) is 84.5 Å². The van der Waals surface area contributed by atoms with Gasteiger partial charge in [-0.1, -0.05) is 51.9 Å². The van der Waals surface area contributed by atoms with E-state index in [0.717, 1.165) is 32.5 Å². The van der Waals surface area contributed by atoms with Crippen molar-refractivity contribution in [3.63, 3.8) is 0 Å². The number of unbranched alkanes of at least 4 members (excludes halogenated alkanes) is 7. The number of aliphatic hydroxyl groups is 2. The zero-order valence-electron chi connectivity index (χ0n) is 19.1. The number of carbonyl (C=O) groups is 1. The lowest BCUT2D eigenvalue weighted by atomic mass is 10.1. The van der Waals surface area contributed by atoms with Crippen LogP contribution in [0.4, 0.5) is 0 Å². The first-order chi connectivity index (χ1) is 14.2. The summed E-state index contributed by atoms with van der Waals surface area (Å²) < 4.78 is -0.419. The fourth-order valence-corrected chi connectivity index (χ4v) is 3.91. The Morgan fingerprint density at radius 2 is 1.73 bits per heavy atom. The summed E-state index contributed by atoms with van der Waals surface area (Å²) in [6.45, 7) is 7.28. The van der Waals surface area contributed by atoms with Crippen LogP contribution in [-0.2, 0) is 4.79 Å². The normalized spacial score (nSPS) is 18.1. The quantitative estimate of drug-likeness (QED) is 0.118. The molecule has 2 atom stereocenters. The van der Waals surface area contributed by atoms with Gasteiger partial charge in [-0.3, -0.25) is 9.69 Å². The number of nitrogens with one attached hydrogen (secondary N) is 1. The van der Waals surface area contributed by atoms with E-state index in [1.165, 1.54) is 51.4 Å². The van der Waals surface area contributed by atoms with Gasteiger partial charge in [-0.25, -0.2) is 0 Å². The first kappa shape index (κ1) is 30.0. The maximum atomic E-state index is 10.8. The van der Waals surface area contributed by atoms with Gasteiger partial charge in [0.15, 0.2) is 0 Å². The molecule has 30 heavy (non-hydrogen) atoms. The Bertz CT molecular complexity index is 422. The number of carboxylic acid groups (broad SMARTS) is 1. The van der Waals surface area contributed by atoms with Gasteiger partial charge in [0, 0.05) is 6.54 Å². The van der Waals surface area contributed by atoms with Gasteiger partial charge < -0.3 is 20.6 Å². The molecule has 0 aromatic carbocycles. The van der Waals surface area contributed by atoms with E-state index in [1.807, 2.05) is 11.8 Å². The summed E-state index contributed by atoms with van der Waals surface area (Å²) in [6.07, 6.45) is 12.5. The number of nitrogens with zero attached hydrogens (tertiary/aromatic N) is 1. The fraction of sp³-hybridized carbons (Fsp3) is 0.955. The van der Waals surface area contributed by atoms with Crippen molar-refractivity contribution in [2.24, 2.45) is 0 Å². The SMILES string of the molecule is CC(S)(S)CN1CCCC1C(=O)O.CCCCCCCCCCNCC[C@H](O)CO. The largest absolute Gasteiger partial charge is 0.480 e. The molecule has 0 aromatic heterocycles. The molecule has 1 heterocycles. The molecule has 0 aliphatic carbocycles. The van der Waals surface area contributed by atoms with Crippen molar-refractivity contribution in [1.82, 2.24) is 10.2 Å². The minimum atomic E-state index is -0.733. The average Bonchev–Trinajstić information content (AvgIpc) is 3.13. The molecule has 0 spiro atoms. The van der Waals surface area contributed by atoms with Crippen LogP contribution in [0, 0.1) is 0 Å². The molecule has 1 aliphatic heterocycles. The number of aliphatic hydroxyl groups excluding tert-OH is 2. The Hall–Kier alpha value is 0.01000. The Kier molecular flexibility index (Phi) is 18.6. The molecule has 0 radical (unpaired) electrons. The van der Waals surface area contributed by atoms with Gasteiger partial charge in [0.05, 0.1) is 16.8 Å². The van der Waals surface area contributed by atoms with Crippen LogP contribution in [0.3, 0.4) is 0 Å². The summed E-state index contributed by atoms with van der Waals surface area (Å²) in [4.78, 5) is 12.7. The summed E-state index contributed by atoms with van der Waals surface area (Å²) in [5.74, 6) is -0.733. The van der Waals surface area contributed by atoms with Crippen LogP contribution in [-0.4, -0.2) is 75.2 Å². The molecule has 8 heteroatoms. The Morgan fingerprint density at radius 3 is 2.27 bits per heavy atom. The highest BCUT2D eigenvalue weighted by Gasteiger charge is 2.33. The number of thiol groups is 2. The summed E-state index contributed by atoms with van der Waals surface area (Å²) in [7, 11) is 0. The third-order valence-electron chi connectivity index (χ3n) is 5.22. The van der Waals surface area contributed by atoms with E-state index in [4.69, 9.17) is 15.3 Å². The third-order valence-corrected chi connectivity index (χ3v) is 5.51. The Labute approximate surface area is 195 Å². The van der Waals surface area contributed by atoms with Crippen molar-refractivity contribution in [3.8, 4) is 0 Å². The average molecular weight is 467 g/mol. The zero-order valence-corrected chi connectivity index (χ0v) is 20.8. The second-order valence-corrected chi connectivity index (χ2v) is 10.9. The van der Waals surface area contributed by atoms with Gasteiger partial charge >= 0.3 is 5.97 Å². The number of likely N-dealkylation sites (tertiary alicyclic amines) is 1. The van der Waals surface area contributed by atoms with E-state index in [0.29, 0.717) is 13.0 Å². The minimum Gasteiger partial charge on any atom is -0.480 e. The zero-order chi connectivity index (χ0) is 22.8. The molecule has 1 unspecified atom stereocenters. The van der Waals surface area contributed by atoms with Crippen LogP contribution in [0.2, 0.25) is 0 Å². The van der Waals surface area contributed by atoms with E-state index < -0.39 is 16.2 Å². The predicted molar refractivity (Wildman–Crippen MR) is 132 cm³/mol. The molecule has 4 N–H and O–H groups in total. The molecule has 1 aliphatic rings. The highest BCUT2D eigenvalue weighted by atomic mass is 32.2. The first-order valence-electron chi connectivity index (χ1n) is 11.6. The van der Waals surface area contributed by atoms with Gasteiger partial charge in [0.2, 0.25) is 0 Å². The lowest BCUT2D eigenvalue weighted by Gasteiger charge is -2.27. The van der Waals surface area contributed by atoms with Crippen LogP contribution in [0.15, 0.2) is 0 Å². The van der Waals surface area contributed by atoms with Crippen molar-refractivity contribution in [2.75, 3.05) is 32.8 Å². The highest BCUT2D eigenvalue weighted by molar-refractivity contribution is 8.00. The van der Waals surface area contributed by atoms with Gasteiger partial charge in [0.25, 0.3) is 0 Å². The van der Waals surface area contributed by atoms with Gasteiger partial charge in [-0.2, -0.15) is 25.3 Å². The van der Waals surface area contributed by atoms with Crippen LogP contribution in [0.5, 0.6) is 0 Å². The second-order valence-electron chi connectivity index (χ2n) is 8.53. The lowest BCUT2D eigenvalue weighted by Crippen LogP contribution is -2.41. The molecule has 180 valence electrons. The highest BCUT2D eigenvalue weighted by Crippen LogP contribution is 2.25. The molecule has 0 amide bonds. The van der Waals surface area contributed by atoms with Gasteiger partial charge in [-0.15, -0.1) is 0 Å². The van der Waals surface area contributed by atoms with E-state index in [-0.39, 0.29) is 12.6 Å². The van der Waals surface area contributed by atoms with Crippen LogP contribution >= 0.6 is 25.3 Å². The standard InChI is InChI=1S/C14H31NO2.C8H15NO2S2/c1-2-3-4-5-6-7-8-9-11-15-12-10-14(17)13-16;1-8(12,13)5-9-4-2-3-6(9)7(10)11/h14-17H,2-13H2,1H3;6,12-13H,2-5H2,1H3,(H,10,11)/t14-;/m0./s1. The summed E-state index contributed by atoms with van der Waals surface area (Å²) in [6, 6.07) is -0.335. The van der Waals surface area contributed by atoms with Gasteiger partial charge in [-0.05, 0) is 52.2 Å². The topological polar surface area (TPSA) is 93.0 Å². The van der Waals surface area contributed by atoms with Crippen molar-refractivity contribution >= 4 is 31.2 Å². The van der Waals surface area contributed by atoms with Crippen molar-refractivity contribution < 1.29 is 20.1 Å². The number of hydrogen-bond donors (Lipinski definition) is 6.